The molecule has 0 saturated heterocycles. The maximum atomic E-state index is 12.5. The second kappa shape index (κ2) is 9.63. The lowest BCUT2D eigenvalue weighted by Crippen LogP contribution is -2.17. The van der Waals surface area contributed by atoms with Gasteiger partial charge < -0.3 is 4.74 Å². The third kappa shape index (κ3) is 5.90. The molecule has 4 aromatic rings. The van der Waals surface area contributed by atoms with E-state index in [-0.39, 0.29) is 17.4 Å². The number of anilines is 1. The maximum absolute atomic E-state index is 12.5. The number of hydrogen-bond donors (Lipinski definition) is 1. The zero-order valence-electron chi connectivity index (χ0n) is 17.0. The fraction of sp³-hybridized carbons (Fsp3) is 0.143. The molecule has 1 N–H and O–H groups in total. The van der Waals surface area contributed by atoms with Crippen molar-refractivity contribution in [1.29, 1.82) is 0 Å². The molecule has 2 heterocycles. The molecule has 7 nitrogen and oxygen atoms in total. The van der Waals surface area contributed by atoms with Gasteiger partial charge in [0.2, 0.25) is 11.0 Å². The molecule has 0 saturated carbocycles. The number of benzene rings is 2. The lowest BCUT2D eigenvalue weighted by atomic mass is 10.1. The fourth-order valence-electron chi connectivity index (χ4n) is 2.93. The molecule has 12 heteroatoms. The minimum Gasteiger partial charge on any atom is -0.406 e. The van der Waals surface area contributed by atoms with E-state index in [1.807, 2.05) is 30.3 Å². The number of carbonyl (C=O) groups excluding carboxylic acids is 1. The summed E-state index contributed by atoms with van der Waals surface area (Å²) in [4.78, 5) is 16.8. The molecule has 0 aliphatic rings. The van der Waals surface area contributed by atoms with E-state index >= 15 is 0 Å². The Kier molecular flexibility index (Phi) is 6.65. The molecule has 0 aliphatic heterocycles. The number of nitrogens with one attached hydrogen (secondary N) is 1. The number of aryl methyl sites for hydroxylation is 1. The van der Waals surface area contributed by atoms with Gasteiger partial charge in [-0.1, -0.05) is 53.4 Å². The quantitative estimate of drug-likeness (QED) is 0.352. The van der Waals surface area contributed by atoms with Crippen LogP contribution >= 0.6 is 23.1 Å². The number of ether oxygens (including phenoxy) is 1. The Morgan fingerprint density at radius 3 is 2.48 bits per heavy atom. The smallest absolute Gasteiger partial charge is 0.406 e. The SMILES string of the molecule is Cc1nnc(NC(=O)CSc2ncc(-c3ccccc3)n2-c2ccc(OC(F)(F)F)cc2)s1. The molecule has 0 atom stereocenters. The molecule has 0 fully saturated rings. The van der Waals surface area contributed by atoms with Crippen LogP contribution in [0.4, 0.5) is 18.3 Å². The minimum absolute atomic E-state index is 0.0547. The third-order valence-corrected chi connectivity index (χ3v) is 5.94. The van der Waals surface area contributed by atoms with Crippen molar-refractivity contribution in [2.45, 2.75) is 18.4 Å². The van der Waals surface area contributed by atoms with E-state index in [2.05, 4.69) is 25.2 Å². The van der Waals surface area contributed by atoms with Gasteiger partial charge in [-0.3, -0.25) is 14.7 Å². The predicted molar refractivity (Wildman–Crippen MR) is 120 cm³/mol. The van der Waals surface area contributed by atoms with Crippen molar-refractivity contribution in [3.05, 3.63) is 65.8 Å². The Morgan fingerprint density at radius 2 is 1.85 bits per heavy atom. The van der Waals surface area contributed by atoms with Gasteiger partial charge in [-0.2, -0.15) is 0 Å². The van der Waals surface area contributed by atoms with Crippen molar-refractivity contribution in [2.75, 3.05) is 11.1 Å². The minimum atomic E-state index is -4.77. The van der Waals surface area contributed by atoms with Crippen LogP contribution < -0.4 is 10.1 Å². The Bertz CT molecular complexity index is 1240. The number of amides is 1. The van der Waals surface area contributed by atoms with Gasteiger partial charge in [0.1, 0.15) is 10.8 Å². The largest absolute Gasteiger partial charge is 0.573 e. The van der Waals surface area contributed by atoms with Gasteiger partial charge >= 0.3 is 6.36 Å². The highest BCUT2D eigenvalue weighted by Gasteiger charge is 2.31. The topological polar surface area (TPSA) is 81.9 Å². The summed E-state index contributed by atoms with van der Waals surface area (Å²) in [7, 11) is 0. The fourth-order valence-corrected chi connectivity index (χ4v) is 4.33. The van der Waals surface area contributed by atoms with Crippen LogP contribution in [0.5, 0.6) is 5.75 Å². The zero-order valence-corrected chi connectivity index (χ0v) is 18.7. The summed E-state index contributed by atoms with van der Waals surface area (Å²) >= 11 is 2.46. The van der Waals surface area contributed by atoms with Crippen molar-refractivity contribution in [3.63, 3.8) is 0 Å². The molecule has 1 amide bonds. The molecule has 0 bridgehead atoms. The monoisotopic (exact) mass is 491 g/mol. The molecule has 4 rings (SSSR count). The standard InChI is InChI=1S/C21H16F3N5O2S2/c1-13-27-28-19(33-13)26-18(30)12-32-20-25-11-17(14-5-3-2-4-6-14)29(20)15-7-9-16(10-8-15)31-21(22,23)24/h2-11H,12H2,1H3,(H,26,28,30). The van der Waals surface area contributed by atoms with E-state index in [1.165, 1.54) is 47.4 Å². The molecule has 2 aromatic carbocycles. The molecule has 170 valence electrons. The van der Waals surface area contributed by atoms with Crippen LogP contribution in [0.2, 0.25) is 0 Å². The van der Waals surface area contributed by atoms with Gasteiger partial charge in [0.05, 0.1) is 17.6 Å². The Morgan fingerprint density at radius 1 is 1.12 bits per heavy atom. The molecular formula is C21H16F3N5O2S2. The average Bonchev–Trinajstić information content (AvgIpc) is 3.38. The van der Waals surface area contributed by atoms with E-state index in [0.717, 1.165) is 16.3 Å². The van der Waals surface area contributed by atoms with Crippen molar-refractivity contribution < 1.29 is 22.7 Å². The van der Waals surface area contributed by atoms with Gasteiger partial charge in [0.25, 0.3) is 0 Å². The number of nitrogens with zero attached hydrogens (tertiary/aromatic N) is 4. The van der Waals surface area contributed by atoms with Crippen molar-refractivity contribution in [2.24, 2.45) is 0 Å². The number of aromatic nitrogens is 4. The maximum Gasteiger partial charge on any atom is 0.573 e. The highest BCUT2D eigenvalue weighted by Crippen LogP contribution is 2.31. The lowest BCUT2D eigenvalue weighted by molar-refractivity contribution is -0.274. The molecule has 0 aliphatic carbocycles. The molecule has 33 heavy (non-hydrogen) atoms. The first-order valence-electron chi connectivity index (χ1n) is 9.50. The Labute approximate surface area is 194 Å². The number of alkyl halides is 3. The number of halogens is 3. The average molecular weight is 492 g/mol. The molecule has 2 aromatic heterocycles. The molecule has 0 radical (unpaired) electrons. The number of thioether (sulfide) groups is 1. The van der Waals surface area contributed by atoms with Crippen molar-refractivity contribution in [3.8, 4) is 22.7 Å². The van der Waals surface area contributed by atoms with Gasteiger partial charge in [0, 0.05) is 11.3 Å². The van der Waals surface area contributed by atoms with E-state index < -0.39 is 6.36 Å². The van der Waals surface area contributed by atoms with Crippen LogP contribution in [0.15, 0.2) is 66.0 Å². The number of hydrogen-bond acceptors (Lipinski definition) is 7. The van der Waals surface area contributed by atoms with Gasteiger partial charge in [0.15, 0.2) is 5.16 Å². The van der Waals surface area contributed by atoms with Crippen LogP contribution in [0.25, 0.3) is 16.9 Å². The van der Waals surface area contributed by atoms with Crippen molar-refractivity contribution in [1.82, 2.24) is 19.7 Å². The highest BCUT2D eigenvalue weighted by atomic mass is 32.2. The van der Waals surface area contributed by atoms with Crippen LogP contribution in [-0.2, 0) is 4.79 Å². The summed E-state index contributed by atoms with van der Waals surface area (Å²) in [5.41, 5.74) is 2.16. The number of carbonyl (C=O) groups is 1. The Balaban J connectivity index is 1.60. The molecule has 0 spiro atoms. The highest BCUT2D eigenvalue weighted by molar-refractivity contribution is 7.99. The normalized spacial score (nSPS) is 11.4. The van der Waals surface area contributed by atoms with Gasteiger partial charge in [-0.05, 0) is 31.2 Å². The van der Waals surface area contributed by atoms with Crippen molar-refractivity contribution >= 4 is 34.1 Å². The molecule has 0 unspecified atom stereocenters. The zero-order chi connectivity index (χ0) is 23.4. The summed E-state index contributed by atoms with van der Waals surface area (Å²) in [5.74, 6) is -0.548. The second-order valence-corrected chi connectivity index (χ2v) is 8.76. The number of imidazole rings is 1. The first kappa shape index (κ1) is 22.8. The summed E-state index contributed by atoms with van der Waals surface area (Å²) in [6, 6.07) is 14.9. The van der Waals surface area contributed by atoms with E-state index in [0.29, 0.717) is 16.0 Å². The summed E-state index contributed by atoms with van der Waals surface area (Å²) in [6.07, 6.45) is -3.12. The Hall–Kier alpha value is -3.38. The van der Waals surface area contributed by atoms with E-state index in [1.54, 1.807) is 17.7 Å². The third-order valence-electron chi connectivity index (χ3n) is 4.23. The predicted octanol–water partition coefficient (Wildman–Crippen LogP) is 5.33. The van der Waals surface area contributed by atoms with Gasteiger partial charge in [-0.15, -0.1) is 23.4 Å². The van der Waals surface area contributed by atoms with Crippen LogP contribution in [0.1, 0.15) is 5.01 Å². The summed E-state index contributed by atoms with van der Waals surface area (Å²) in [6.45, 7) is 1.79. The second-order valence-electron chi connectivity index (χ2n) is 6.63. The van der Waals surface area contributed by atoms with Crippen LogP contribution in [-0.4, -0.2) is 37.8 Å². The summed E-state index contributed by atoms with van der Waals surface area (Å²) in [5, 5.41) is 12.1. The first-order valence-corrected chi connectivity index (χ1v) is 11.3. The lowest BCUT2D eigenvalue weighted by Gasteiger charge is -2.14. The van der Waals surface area contributed by atoms with Crippen LogP contribution in [0, 0.1) is 6.92 Å². The first-order chi connectivity index (χ1) is 15.8. The molecular weight excluding hydrogens is 475 g/mol. The van der Waals surface area contributed by atoms with Crippen LogP contribution in [0.3, 0.4) is 0 Å². The van der Waals surface area contributed by atoms with Gasteiger partial charge in [-0.25, -0.2) is 4.98 Å². The summed E-state index contributed by atoms with van der Waals surface area (Å²) < 4.78 is 43.3. The number of rotatable bonds is 7. The van der Waals surface area contributed by atoms with E-state index in [9.17, 15) is 18.0 Å². The van der Waals surface area contributed by atoms with E-state index in [4.69, 9.17) is 0 Å².